The van der Waals surface area contributed by atoms with Crippen LogP contribution in [0.1, 0.15) is 46.4 Å². The number of hydrogen-bond donors (Lipinski definition) is 1. The zero-order valence-corrected chi connectivity index (χ0v) is 19.4. The number of ketones is 1. The van der Waals surface area contributed by atoms with Gasteiger partial charge in [-0.15, -0.1) is 0 Å². The van der Waals surface area contributed by atoms with E-state index in [0.717, 1.165) is 11.3 Å². The second-order valence-corrected chi connectivity index (χ2v) is 8.41. The summed E-state index contributed by atoms with van der Waals surface area (Å²) in [6.45, 7) is 2.65. The number of fused-ring (bicyclic) bond motifs is 1. The van der Waals surface area contributed by atoms with E-state index in [0.29, 0.717) is 36.1 Å². The second-order valence-electron chi connectivity index (χ2n) is 8.41. The first-order valence-electron chi connectivity index (χ1n) is 11.1. The highest BCUT2D eigenvalue weighted by Gasteiger charge is 2.45. The van der Waals surface area contributed by atoms with Crippen LogP contribution >= 0.6 is 0 Å². The molecule has 2 aromatic carbocycles. The van der Waals surface area contributed by atoms with Gasteiger partial charge in [-0.05, 0) is 54.8 Å². The number of aliphatic hydroxyl groups is 1. The van der Waals surface area contributed by atoms with Crippen LogP contribution in [0.15, 0.2) is 48.0 Å². The summed E-state index contributed by atoms with van der Waals surface area (Å²) >= 11 is 0. The summed E-state index contributed by atoms with van der Waals surface area (Å²) in [6, 6.07) is 10.9. The van der Waals surface area contributed by atoms with E-state index < -0.39 is 23.7 Å². The first-order chi connectivity index (χ1) is 16.3. The molecule has 1 saturated heterocycles. The van der Waals surface area contributed by atoms with Crippen molar-refractivity contribution in [2.75, 3.05) is 27.4 Å². The molecule has 34 heavy (non-hydrogen) atoms. The molecule has 0 bridgehead atoms. The number of ether oxygens (including phenoxy) is 3. The van der Waals surface area contributed by atoms with Crippen molar-refractivity contribution in [3.63, 3.8) is 0 Å². The zero-order valence-electron chi connectivity index (χ0n) is 19.4. The monoisotopic (exact) mass is 465 g/mol. The number of esters is 1. The van der Waals surface area contributed by atoms with Gasteiger partial charge in [-0.25, -0.2) is 4.79 Å². The van der Waals surface area contributed by atoms with Crippen LogP contribution in [0.3, 0.4) is 0 Å². The number of aliphatic hydroxyl groups excluding tert-OH is 1. The lowest BCUT2D eigenvalue weighted by Gasteiger charge is -2.25. The molecule has 0 saturated carbocycles. The summed E-state index contributed by atoms with van der Waals surface area (Å²) in [5, 5.41) is 11.2. The largest absolute Gasteiger partial charge is 0.507 e. The molecule has 4 rings (SSSR count). The van der Waals surface area contributed by atoms with Crippen LogP contribution in [0.2, 0.25) is 0 Å². The molecule has 0 radical (unpaired) electrons. The molecule has 2 heterocycles. The fourth-order valence-corrected chi connectivity index (χ4v) is 4.48. The standard InChI is InChI=1S/C26H27NO7/c1-15-13-19-14-18(9-10-20(19)34-15)23(28)21-22(16-5-7-17(8-6-16)26(31)33-3)27(11-4-12-32-2)25(30)24(21)29/h5-10,14-15,22,28H,4,11-13H2,1-3H3/b23-21+/t15-,22+/m1/s1. The van der Waals surface area contributed by atoms with Crippen molar-refractivity contribution in [2.45, 2.75) is 31.9 Å². The number of methoxy groups -OCH3 is 2. The lowest BCUT2D eigenvalue weighted by molar-refractivity contribution is -0.140. The summed E-state index contributed by atoms with van der Waals surface area (Å²) in [4.78, 5) is 39.4. The summed E-state index contributed by atoms with van der Waals surface area (Å²) in [6.07, 6.45) is 1.25. The number of amides is 1. The van der Waals surface area contributed by atoms with Gasteiger partial charge in [0.1, 0.15) is 17.6 Å². The van der Waals surface area contributed by atoms with Crippen molar-refractivity contribution < 1.29 is 33.7 Å². The van der Waals surface area contributed by atoms with Gasteiger partial charge in [0.15, 0.2) is 0 Å². The number of carbonyl (C=O) groups is 3. The molecule has 178 valence electrons. The predicted octanol–water partition coefficient (Wildman–Crippen LogP) is 3.25. The van der Waals surface area contributed by atoms with E-state index in [2.05, 4.69) is 0 Å². The Kier molecular flexibility index (Phi) is 6.70. The van der Waals surface area contributed by atoms with Crippen LogP contribution in [0, 0.1) is 0 Å². The van der Waals surface area contributed by atoms with E-state index >= 15 is 0 Å². The Morgan fingerprint density at radius 1 is 1.12 bits per heavy atom. The van der Waals surface area contributed by atoms with E-state index in [1.54, 1.807) is 49.6 Å². The van der Waals surface area contributed by atoms with Crippen molar-refractivity contribution in [1.29, 1.82) is 0 Å². The molecule has 2 aromatic rings. The van der Waals surface area contributed by atoms with Crippen molar-refractivity contribution in [3.05, 3.63) is 70.3 Å². The van der Waals surface area contributed by atoms with Crippen LogP contribution in [0.4, 0.5) is 0 Å². The quantitative estimate of drug-likeness (QED) is 0.220. The number of rotatable bonds is 7. The zero-order chi connectivity index (χ0) is 24.4. The molecule has 1 amide bonds. The van der Waals surface area contributed by atoms with Gasteiger partial charge < -0.3 is 24.2 Å². The highest BCUT2D eigenvalue weighted by atomic mass is 16.5. The summed E-state index contributed by atoms with van der Waals surface area (Å²) in [5.74, 6) is -1.41. The number of benzene rings is 2. The van der Waals surface area contributed by atoms with E-state index in [-0.39, 0.29) is 24.0 Å². The maximum atomic E-state index is 13.1. The number of nitrogens with zero attached hydrogens (tertiary/aromatic N) is 1. The molecule has 0 aromatic heterocycles. The van der Waals surface area contributed by atoms with Crippen LogP contribution in [-0.2, 0) is 25.5 Å². The van der Waals surface area contributed by atoms with Crippen molar-refractivity contribution >= 4 is 23.4 Å². The smallest absolute Gasteiger partial charge is 0.337 e. The average Bonchev–Trinajstić information content (AvgIpc) is 3.34. The number of Topliss-reactive ketones (excluding diaryl/α,β-unsaturated/α-hetero) is 1. The van der Waals surface area contributed by atoms with Crippen molar-refractivity contribution in [1.82, 2.24) is 4.90 Å². The Balaban J connectivity index is 1.78. The van der Waals surface area contributed by atoms with E-state index in [4.69, 9.17) is 14.2 Å². The van der Waals surface area contributed by atoms with E-state index in [1.165, 1.54) is 12.0 Å². The van der Waals surface area contributed by atoms with Crippen LogP contribution in [0.25, 0.3) is 5.76 Å². The predicted molar refractivity (Wildman–Crippen MR) is 124 cm³/mol. The van der Waals surface area contributed by atoms with Gasteiger partial charge in [-0.3, -0.25) is 9.59 Å². The summed E-state index contributed by atoms with van der Waals surface area (Å²) < 4.78 is 15.6. The van der Waals surface area contributed by atoms with E-state index in [1.807, 2.05) is 6.92 Å². The van der Waals surface area contributed by atoms with Crippen LogP contribution in [0.5, 0.6) is 5.75 Å². The van der Waals surface area contributed by atoms with Gasteiger partial charge in [0, 0.05) is 32.2 Å². The van der Waals surface area contributed by atoms with Gasteiger partial charge in [0.05, 0.1) is 24.3 Å². The van der Waals surface area contributed by atoms with Gasteiger partial charge in [0.2, 0.25) is 0 Å². The Morgan fingerprint density at radius 2 is 1.82 bits per heavy atom. The molecule has 0 unspecified atom stereocenters. The van der Waals surface area contributed by atoms with Crippen molar-refractivity contribution in [3.8, 4) is 5.75 Å². The van der Waals surface area contributed by atoms with Crippen LogP contribution < -0.4 is 4.74 Å². The minimum Gasteiger partial charge on any atom is -0.507 e. The van der Waals surface area contributed by atoms with Gasteiger partial charge in [-0.2, -0.15) is 0 Å². The Hall–Kier alpha value is -3.65. The Labute approximate surface area is 197 Å². The maximum absolute atomic E-state index is 13.1. The Morgan fingerprint density at radius 3 is 2.50 bits per heavy atom. The number of hydrogen-bond acceptors (Lipinski definition) is 7. The normalized spacial score (nSPS) is 20.9. The van der Waals surface area contributed by atoms with Gasteiger partial charge in [-0.1, -0.05) is 12.1 Å². The first-order valence-corrected chi connectivity index (χ1v) is 11.1. The molecule has 1 N–H and O–H groups in total. The second kappa shape index (κ2) is 9.69. The molecule has 1 fully saturated rings. The maximum Gasteiger partial charge on any atom is 0.337 e. The molecule has 0 spiro atoms. The van der Waals surface area contributed by atoms with Gasteiger partial charge in [0.25, 0.3) is 11.7 Å². The van der Waals surface area contributed by atoms with Gasteiger partial charge >= 0.3 is 5.97 Å². The lowest BCUT2D eigenvalue weighted by Crippen LogP contribution is -2.31. The number of likely N-dealkylation sites (tertiary alicyclic amines) is 1. The molecular formula is C26H27NO7. The minimum absolute atomic E-state index is 0.0140. The average molecular weight is 466 g/mol. The fraction of sp³-hybridized carbons (Fsp3) is 0.346. The highest BCUT2D eigenvalue weighted by molar-refractivity contribution is 6.46. The molecule has 0 aliphatic carbocycles. The SMILES string of the molecule is COCCCN1C(=O)C(=O)/C(=C(/O)c2ccc3c(c2)C[C@@H](C)O3)[C@@H]1c1ccc(C(=O)OC)cc1. The summed E-state index contributed by atoms with van der Waals surface area (Å²) in [7, 11) is 2.86. The highest BCUT2D eigenvalue weighted by Crippen LogP contribution is 2.40. The molecular weight excluding hydrogens is 438 g/mol. The molecule has 2 aliphatic heterocycles. The topological polar surface area (TPSA) is 102 Å². The third-order valence-corrected chi connectivity index (χ3v) is 6.10. The fourth-order valence-electron chi connectivity index (χ4n) is 4.48. The third kappa shape index (κ3) is 4.28. The minimum atomic E-state index is -0.799. The van der Waals surface area contributed by atoms with Crippen LogP contribution in [-0.4, -0.2) is 61.1 Å². The third-order valence-electron chi connectivity index (χ3n) is 6.10. The Bertz CT molecular complexity index is 1150. The summed E-state index contributed by atoms with van der Waals surface area (Å²) in [5.41, 5.74) is 2.34. The molecule has 8 nitrogen and oxygen atoms in total. The first kappa shape index (κ1) is 23.5. The number of carbonyl (C=O) groups excluding carboxylic acids is 3. The molecule has 2 atom stereocenters. The molecule has 8 heteroatoms. The lowest BCUT2D eigenvalue weighted by atomic mass is 9.94. The van der Waals surface area contributed by atoms with Crippen molar-refractivity contribution in [2.24, 2.45) is 0 Å². The van der Waals surface area contributed by atoms with E-state index in [9.17, 15) is 19.5 Å². The molecule has 2 aliphatic rings.